The number of aliphatic hydroxyl groups is 1. The van der Waals surface area contributed by atoms with E-state index in [1.165, 1.54) is 4.31 Å². The molecule has 0 heterocycles. The fourth-order valence-corrected chi connectivity index (χ4v) is 4.80. The first-order chi connectivity index (χ1) is 8.98. The van der Waals surface area contributed by atoms with Crippen LogP contribution in [-0.4, -0.2) is 37.0 Å². The Morgan fingerprint density at radius 2 is 1.84 bits per heavy atom. The molecule has 0 unspecified atom stereocenters. The molecule has 0 amide bonds. The molecule has 1 N–H and O–H groups in total. The lowest BCUT2D eigenvalue weighted by Crippen LogP contribution is -2.41. The van der Waals surface area contributed by atoms with Crippen LogP contribution >= 0.6 is 15.9 Å². The minimum absolute atomic E-state index is 0.0933. The lowest BCUT2D eigenvalue weighted by Gasteiger charge is -2.29. The number of hydrogen-bond acceptors (Lipinski definition) is 3. The van der Waals surface area contributed by atoms with Gasteiger partial charge in [-0.15, -0.1) is 0 Å². The maximum atomic E-state index is 12.7. The zero-order valence-electron chi connectivity index (χ0n) is 11.2. The Morgan fingerprint density at radius 3 is 2.32 bits per heavy atom. The third kappa shape index (κ3) is 3.78. The average Bonchev–Trinajstić information content (AvgIpc) is 2.39. The third-order valence-electron chi connectivity index (χ3n) is 3.09. The van der Waals surface area contributed by atoms with Crippen molar-refractivity contribution < 1.29 is 13.5 Å². The van der Waals surface area contributed by atoms with E-state index in [1.54, 1.807) is 24.3 Å². The van der Waals surface area contributed by atoms with Crippen LogP contribution in [0.5, 0.6) is 0 Å². The minimum atomic E-state index is -3.59. The zero-order valence-corrected chi connectivity index (χ0v) is 13.6. The summed E-state index contributed by atoms with van der Waals surface area (Å²) in [5.41, 5.74) is 0. The summed E-state index contributed by atoms with van der Waals surface area (Å²) in [5.74, 6) is 0. The van der Waals surface area contributed by atoms with Crippen LogP contribution in [0.25, 0.3) is 0 Å². The molecule has 0 aliphatic heterocycles. The van der Waals surface area contributed by atoms with Crippen molar-refractivity contribution >= 4 is 26.0 Å². The lowest BCUT2D eigenvalue weighted by atomic mass is 10.2. The molecule has 4 nitrogen and oxygen atoms in total. The molecule has 0 aliphatic rings. The first-order valence-electron chi connectivity index (χ1n) is 6.36. The van der Waals surface area contributed by atoms with Crippen molar-refractivity contribution in [3.63, 3.8) is 0 Å². The van der Waals surface area contributed by atoms with Crippen LogP contribution in [0.3, 0.4) is 0 Å². The smallest absolute Gasteiger partial charge is 0.244 e. The van der Waals surface area contributed by atoms with Gasteiger partial charge in [-0.2, -0.15) is 4.31 Å². The third-order valence-corrected chi connectivity index (χ3v) is 6.06. The van der Waals surface area contributed by atoms with E-state index in [2.05, 4.69) is 15.9 Å². The molecule has 19 heavy (non-hydrogen) atoms. The molecule has 1 aromatic carbocycles. The molecule has 1 aromatic rings. The molecule has 0 fully saturated rings. The zero-order chi connectivity index (χ0) is 14.5. The van der Waals surface area contributed by atoms with E-state index in [9.17, 15) is 8.42 Å². The lowest BCUT2D eigenvalue weighted by molar-refractivity contribution is 0.219. The van der Waals surface area contributed by atoms with E-state index in [4.69, 9.17) is 5.11 Å². The van der Waals surface area contributed by atoms with Crippen molar-refractivity contribution in [1.82, 2.24) is 4.31 Å². The van der Waals surface area contributed by atoms with Gasteiger partial charge in [-0.3, -0.25) is 0 Å². The number of rotatable bonds is 7. The summed E-state index contributed by atoms with van der Waals surface area (Å²) in [5, 5.41) is 9.14. The highest BCUT2D eigenvalue weighted by atomic mass is 79.9. The van der Waals surface area contributed by atoms with Crippen LogP contribution in [0, 0.1) is 0 Å². The van der Waals surface area contributed by atoms with E-state index in [0.29, 0.717) is 4.47 Å². The molecule has 108 valence electrons. The van der Waals surface area contributed by atoms with Gasteiger partial charge in [0.1, 0.15) is 0 Å². The SMILES string of the molecule is CCC(CC)N(CCO)S(=O)(=O)c1ccccc1Br. The van der Waals surface area contributed by atoms with Crippen LogP contribution in [-0.2, 0) is 10.0 Å². The summed E-state index contributed by atoms with van der Waals surface area (Å²) in [6, 6.07) is 6.66. The monoisotopic (exact) mass is 349 g/mol. The van der Waals surface area contributed by atoms with Crippen LogP contribution in [0.2, 0.25) is 0 Å². The van der Waals surface area contributed by atoms with Crippen molar-refractivity contribution in [2.24, 2.45) is 0 Å². The molecule has 1 rings (SSSR count). The topological polar surface area (TPSA) is 57.6 Å². The van der Waals surface area contributed by atoms with Crippen LogP contribution in [0.1, 0.15) is 26.7 Å². The number of aliphatic hydroxyl groups excluding tert-OH is 1. The van der Waals surface area contributed by atoms with Gasteiger partial charge in [-0.05, 0) is 40.9 Å². The van der Waals surface area contributed by atoms with Crippen molar-refractivity contribution in [3.05, 3.63) is 28.7 Å². The van der Waals surface area contributed by atoms with Gasteiger partial charge in [0, 0.05) is 17.1 Å². The molecule has 0 radical (unpaired) electrons. The average molecular weight is 350 g/mol. The second-order valence-corrected chi connectivity index (χ2v) is 6.95. The second-order valence-electron chi connectivity index (χ2n) is 4.24. The highest BCUT2D eigenvalue weighted by molar-refractivity contribution is 9.10. The quantitative estimate of drug-likeness (QED) is 0.822. The number of benzene rings is 1. The fourth-order valence-electron chi connectivity index (χ4n) is 2.07. The Balaban J connectivity index is 3.24. The molecule has 0 atom stereocenters. The van der Waals surface area contributed by atoms with Crippen LogP contribution in [0.4, 0.5) is 0 Å². The van der Waals surface area contributed by atoms with Gasteiger partial charge in [-0.1, -0.05) is 26.0 Å². The van der Waals surface area contributed by atoms with Gasteiger partial charge in [0.05, 0.1) is 11.5 Å². The van der Waals surface area contributed by atoms with Crippen LogP contribution < -0.4 is 0 Å². The van der Waals surface area contributed by atoms with E-state index in [1.807, 2.05) is 13.8 Å². The summed E-state index contributed by atoms with van der Waals surface area (Å²) < 4.78 is 27.3. The Labute approximate surface area is 123 Å². The molecule has 0 saturated heterocycles. The Hall–Kier alpha value is -0.430. The summed E-state index contributed by atoms with van der Waals surface area (Å²) in [4.78, 5) is 0.246. The number of hydrogen-bond donors (Lipinski definition) is 1. The summed E-state index contributed by atoms with van der Waals surface area (Å²) in [6.07, 6.45) is 1.44. The summed E-state index contributed by atoms with van der Waals surface area (Å²) in [6.45, 7) is 3.85. The maximum Gasteiger partial charge on any atom is 0.244 e. The van der Waals surface area contributed by atoms with Gasteiger partial charge in [0.25, 0.3) is 0 Å². The normalized spacial score (nSPS) is 12.3. The molecular formula is C13H20BrNO3S. The second kappa shape index (κ2) is 7.38. The molecule has 6 heteroatoms. The number of nitrogens with zero attached hydrogens (tertiary/aromatic N) is 1. The standard InChI is InChI=1S/C13H20BrNO3S/c1-3-11(4-2)15(9-10-16)19(17,18)13-8-6-5-7-12(13)14/h5-8,11,16H,3-4,9-10H2,1-2H3. The summed E-state index contributed by atoms with van der Waals surface area (Å²) in [7, 11) is -3.59. The Morgan fingerprint density at radius 1 is 1.26 bits per heavy atom. The van der Waals surface area contributed by atoms with Gasteiger partial charge in [0.15, 0.2) is 0 Å². The number of halogens is 1. The van der Waals surface area contributed by atoms with Gasteiger partial charge in [0.2, 0.25) is 10.0 Å². The van der Waals surface area contributed by atoms with Crippen molar-refractivity contribution in [2.75, 3.05) is 13.2 Å². The Bertz CT molecular complexity index is 500. The van der Waals surface area contributed by atoms with E-state index < -0.39 is 10.0 Å². The van der Waals surface area contributed by atoms with Gasteiger partial charge in [-0.25, -0.2) is 8.42 Å². The molecule has 0 spiro atoms. The maximum absolute atomic E-state index is 12.7. The molecular weight excluding hydrogens is 330 g/mol. The highest BCUT2D eigenvalue weighted by Gasteiger charge is 2.30. The first kappa shape index (κ1) is 16.6. The highest BCUT2D eigenvalue weighted by Crippen LogP contribution is 2.27. The van der Waals surface area contributed by atoms with E-state index in [-0.39, 0.29) is 24.1 Å². The largest absolute Gasteiger partial charge is 0.395 e. The molecule has 0 aliphatic carbocycles. The predicted molar refractivity (Wildman–Crippen MR) is 79.5 cm³/mol. The van der Waals surface area contributed by atoms with Crippen molar-refractivity contribution in [2.45, 2.75) is 37.6 Å². The minimum Gasteiger partial charge on any atom is -0.395 e. The van der Waals surface area contributed by atoms with Crippen LogP contribution in [0.15, 0.2) is 33.6 Å². The molecule has 0 aromatic heterocycles. The van der Waals surface area contributed by atoms with Crippen molar-refractivity contribution in [3.8, 4) is 0 Å². The van der Waals surface area contributed by atoms with E-state index in [0.717, 1.165) is 12.8 Å². The first-order valence-corrected chi connectivity index (χ1v) is 8.59. The Kier molecular flexibility index (Phi) is 6.46. The fraction of sp³-hybridized carbons (Fsp3) is 0.538. The van der Waals surface area contributed by atoms with E-state index >= 15 is 0 Å². The number of sulfonamides is 1. The van der Waals surface area contributed by atoms with Crippen molar-refractivity contribution in [1.29, 1.82) is 0 Å². The van der Waals surface area contributed by atoms with Gasteiger partial charge >= 0.3 is 0 Å². The summed E-state index contributed by atoms with van der Waals surface area (Å²) >= 11 is 3.28. The molecule has 0 bridgehead atoms. The predicted octanol–water partition coefficient (Wildman–Crippen LogP) is 2.62. The van der Waals surface area contributed by atoms with Gasteiger partial charge < -0.3 is 5.11 Å². The molecule has 0 saturated carbocycles.